The largest absolute Gasteiger partial charge is 0.494 e. The number of unbranched alkanes of at least 4 members (excludes halogenated alkanes) is 5. The standard InChI is InChI=1S/C74H105N17O22S/c1-6-40(4)62-68(105)80-33-57(97)82-52-38-114(111)71-47(31-50(64(101)79-34-58(98)88-62)84-70(107)63(41(5)54(94)36-92)89-67(104)53-29-44(93)35-91(53)72(108)51(32-55(75)95)85-66(52)103)46-22-21-45(30-49(46)86-71)112-28-13-8-7-11-25-78-74(110)113-37-42-17-19-43(20-18-42)81-65(102)48(15-14-26-77-73(76)109)83-69(106)61(39(2)3)87-56(96)16-10-9-12-27-90-59(99)23-24-60(90)100/h17-24,30,39-41,44,48,50-54,61-63,86,92-94H,6-16,25-29,31-38H2,1-5H3,(H2,75,95)(H,78,110)(H,79,101)(H,80,105)(H,81,102)(H,82,97)(H,83,106)(H,84,107)(H,85,103)(H,87,96)(H,88,98)(H,89,104)(H3,76,77,109)/t40-,41-,44+,48+,50-,51-,52-,53-,54-,61+,62-,63-,114?/m0/s1. The van der Waals surface area contributed by atoms with Crippen molar-refractivity contribution in [1.82, 2.24) is 73.3 Å². The number of hydrogen-bond donors (Lipinski definition) is 18. The molecule has 39 nitrogen and oxygen atoms in total. The number of aliphatic hydroxyl groups excluding tert-OH is 3. The van der Waals surface area contributed by atoms with E-state index in [0.29, 0.717) is 68.4 Å². The zero-order chi connectivity index (χ0) is 83.5. The maximum Gasteiger partial charge on any atom is 0.407 e. The number of imide groups is 1. The van der Waals surface area contributed by atoms with Gasteiger partial charge in [-0.05, 0) is 85.8 Å². The van der Waals surface area contributed by atoms with E-state index in [2.05, 4.69) is 68.8 Å². The first kappa shape index (κ1) is 90.1. The van der Waals surface area contributed by atoms with E-state index < -0.39 is 217 Å². The van der Waals surface area contributed by atoms with Crippen LogP contribution in [0.1, 0.15) is 129 Å². The van der Waals surface area contributed by atoms with Crippen LogP contribution >= 0.6 is 0 Å². The lowest BCUT2D eigenvalue weighted by Gasteiger charge is -2.32. The molecule has 17 amide bonds. The third-order valence-corrected chi connectivity index (χ3v) is 21.2. The van der Waals surface area contributed by atoms with Crippen LogP contribution in [0.25, 0.3) is 10.9 Å². The van der Waals surface area contributed by atoms with E-state index in [0.717, 1.165) is 9.80 Å². The molecule has 3 aromatic rings. The quantitative estimate of drug-likeness (QED) is 0.0210. The van der Waals surface area contributed by atoms with Crippen LogP contribution in [0, 0.1) is 17.8 Å². The number of nitrogens with two attached hydrogens (primary N) is 2. The van der Waals surface area contributed by atoms with Gasteiger partial charge in [0.05, 0.1) is 67.0 Å². The summed E-state index contributed by atoms with van der Waals surface area (Å²) in [5, 5.41) is 62.8. The highest BCUT2D eigenvalue weighted by Crippen LogP contribution is 2.31. The van der Waals surface area contributed by atoms with Crippen LogP contribution in [-0.4, -0.2) is 248 Å². The number of amides is 17. The molecule has 1 aromatic heterocycles. The molecule has 624 valence electrons. The number of urea groups is 1. The highest BCUT2D eigenvalue weighted by Gasteiger charge is 2.46. The Hall–Kier alpha value is -11.1. The van der Waals surface area contributed by atoms with Gasteiger partial charge in [0, 0.05) is 80.7 Å². The number of primary amides is 2. The molecule has 5 heterocycles. The fourth-order valence-corrected chi connectivity index (χ4v) is 14.5. The molecule has 7 rings (SSSR count). The number of aliphatic hydroxyl groups is 3. The molecule has 0 saturated carbocycles. The first-order chi connectivity index (χ1) is 54.2. The molecule has 20 N–H and O–H groups in total. The van der Waals surface area contributed by atoms with Gasteiger partial charge in [-0.2, -0.15) is 0 Å². The first-order valence-electron chi connectivity index (χ1n) is 38.0. The lowest BCUT2D eigenvalue weighted by molar-refractivity contribution is -0.144. The van der Waals surface area contributed by atoms with Crippen molar-refractivity contribution in [1.29, 1.82) is 0 Å². The minimum absolute atomic E-state index is 0.0732. The molecule has 2 bridgehead atoms. The maximum absolute atomic E-state index is 15.2. The number of nitrogens with zero attached hydrogens (tertiary/aromatic N) is 2. The minimum Gasteiger partial charge on any atom is -0.494 e. The Balaban J connectivity index is 0.990. The summed E-state index contributed by atoms with van der Waals surface area (Å²) in [4.78, 5) is 220. The van der Waals surface area contributed by atoms with E-state index in [1.807, 2.05) is 0 Å². The summed E-state index contributed by atoms with van der Waals surface area (Å²) < 4.78 is 26.7. The molecular formula is C74H105N17O22S. The van der Waals surface area contributed by atoms with Gasteiger partial charge in [0.25, 0.3) is 11.8 Å². The number of H-pyrrole nitrogens is 1. The van der Waals surface area contributed by atoms with Gasteiger partial charge in [0.15, 0.2) is 0 Å². The summed E-state index contributed by atoms with van der Waals surface area (Å²) in [6, 6.07) is -2.11. The number of anilines is 1. The van der Waals surface area contributed by atoms with E-state index >= 15 is 4.21 Å². The van der Waals surface area contributed by atoms with Gasteiger partial charge in [-0.15, -0.1) is 0 Å². The SMILES string of the molecule is CC[C@H](C)[C@@H]1NC(=O)CNC(=O)[C@@H]2Cc3c([nH]c4cc(OCCCCCCNC(=O)OCc5ccc(NC(=O)[C@@H](CCCNC(N)=O)NC(=O)[C@H](NC(=O)CCCCCN6C(=O)C=CC6=O)C(C)C)cc5)ccc34)S(=O)C[C@H](NC(=O)CNC1=O)C(=O)N[C@@H](CC(N)=O)C(=O)N1C[C@H](O)C[C@H]1C(=O)N[C@@H]([C@@H](C)[C@@H](O)CO)C(=O)N2. The summed E-state index contributed by atoms with van der Waals surface area (Å²) in [6.07, 6.45) is 1.26. The van der Waals surface area contributed by atoms with Crippen LogP contribution < -0.4 is 80.0 Å². The minimum atomic E-state index is -2.46. The van der Waals surface area contributed by atoms with Gasteiger partial charge >= 0.3 is 12.1 Å². The molecule has 4 aliphatic heterocycles. The molecule has 2 aromatic carbocycles. The smallest absolute Gasteiger partial charge is 0.407 e. The second-order valence-electron chi connectivity index (χ2n) is 28.8. The van der Waals surface area contributed by atoms with E-state index in [1.165, 1.54) is 19.1 Å². The van der Waals surface area contributed by atoms with Crippen LogP contribution in [0.5, 0.6) is 5.75 Å². The Morgan fingerprint density at radius 2 is 1.39 bits per heavy atom. The van der Waals surface area contributed by atoms with Crippen LogP contribution in [0.2, 0.25) is 0 Å². The fraction of sp³-hybridized carbons (Fsp3) is 0.568. The van der Waals surface area contributed by atoms with Crippen LogP contribution in [-0.2, 0) is 95.7 Å². The molecule has 114 heavy (non-hydrogen) atoms. The number of fused-ring (bicyclic) bond motifs is 5. The summed E-state index contributed by atoms with van der Waals surface area (Å²) in [6.45, 7) is 5.67. The van der Waals surface area contributed by atoms with Gasteiger partial charge in [-0.1, -0.05) is 72.4 Å². The Labute approximate surface area is 659 Å². The predicted molar refractivity (Wildman–Crippen MR) is 408 cm³/mol. The van der Waals surface area contributed by atoms with E-state index in [4.69, 9.17) is 20.9 Å². The number of alkyl carbamates (subject to hydrolysis) is 1. The van der Waals surface area contributed by atoms with Crippen molar-refractivity contribution < 1.29 is 106 Å². The summed E-state index contributed by atoms with van der Waals surface area (Å²) in [5.74, 6) is -14.7. The van der Waals surface area contributed by atoms with Crippen molar-refractivity contribution in [3.63, 3.8) is 0 Å². The van der Waals surface area contributed by atoms with Gasteiger partial charge in [0.2, 0.25) is 70.9 Å². The Morgan fingerprint density at radius 1 is 0.711 bits per heavy atom. The van der Waals surface area contributed by atoms with Gasteiger partial charge in [-0.25, -0.2) is 9.59 Å². The van der Waals surface area contributed by atoms with Crippen molar-refractivity contribution in [3.8, 4) is 5.75 Å². The second kappa shape index (κ2) is 43.8. The van der Waals surface area contributed by atoms with Crippen molar-refractivity contribution in [2.45, 2.75) is 197 Å². The molecule has 40 heteroatoms. The average molecular weight is 1620 g/mol. The molecule has 0 radical (unpaired) electrons. The lowest BCUT2D eigenvalue weighted by atomic mass is 9.93. The van der Waals surface area contributed by atoms with Crippen LogP contribution in [0.15, 0.2) is 59.6 Å². The predicted octanol–water partition coefficient (Wildman–Crippen LogP) is -3.26. The Kier molecular flexibility index (Phi) is 34.6. The van der Waals surface area contributed by atoms with Gasteiger partial charge in [0.1, 0.15) is 65.7 Å². The number of hydrogen-bond acceptors (Lipinski definition) is 22. The number of carbonyl (C=O) groups is 16. The zero-order valence-corrected chi connectivity index (χ0v) is 65.0. The monoisotopic (exact) mass is 1620 g/mol. The topological polar surface area (TPSA) is 588 Å². The number of carbonyl (C=O) groups excluding carboxylic acids is 16. The van der Waals surface area contributed by atoms with Crippen LogP contribution in [0.3, 0.4) is 0 Å². The molecule has 13 atom stereocenters. The fourth-order valence-electron chi connectivity index (χ4n) is 13.1. The molecule has 4 aliphatic rings. The number of aromatic nitrogens is 1. The summed E-state index contributed by atoms with van der Waals surface area (Å²) >= 11 is 0. The maximum atomic E-state index is 15.2. The Bertz CT molecular complexity index is 4050. The van der Waals surface area contributed by atoms with Crippen molar-refractivity contribution >= 4 is 122 Å². The zero-order valence-electron chi connectivity index (χ0n) is 64.2. The molecular weight excluding hydrogens is 1510 g/mol. The van der Waals surface area contributed by atoms with Crippen LogP contribution in [0.4, 0.5) is 15.3 Å². The van der Waals surface area contributed by atoms with E-state index in [9.17, 15) is 92.0 Å². The van der Waals surface area contributed by atoms with E-state index in [1.54, 1.807) is 70.2 Å². The van der Waals surface area contributed by atoms with Crippen molar-refractivity contribution in [2.24, 2.45) is 29.2 Å². The molecule has 1 fully saturated rings. The summed E-state index contributed by atoms with van der Waals surface area (Å²) in [7, 11) is -2.46. The van der Waals surface area contributed by atoms with Crippen molar-refractivity contribution in [3.05, 3.63) is 65.7 Å². The number of rotatable bonds is 33. The Morgan fingerprint density at radius 3 is 2.06 bits per heavy atom. The second-order valence-corrected chi connectivity index (χ2v) is 30.3. The third-order valence-electron chi connectivity index (χ3n) is 19.8. The molecule has 1 saturated heterocycles. The highest BCUT2D eigenvalue weighted by molar-refractivity contribution is 7.85. The number of benzene rings is 2. The highest BCUT2D eigenvalue weighted by atomic mass is 32.2. The lowest BCUT2D eigenvalue weighted by Crippen LogP contribution is -2.62. The van der Waals surface area contributed by atoms with E-state index in [-0.39, 0.29) is 91.3 Å². The first-order valence-corrected chi connectivity index (χ1v) is 39.3. The van der Waals surface area contributed by atoms with Gasteiger partial charge in [-0.3, -0.25) is 76.2 Å². The van der Waals surface area contributed by atoms with Crippen molar-refractivity contribution in [2.75, 3.05) is 63.6 Å². The summed E-state index contributed by atoms with van der Waals surface area (Å²) in [5.41, 5.74) is 12.0. The number of ether oxygens (including phenoxy) is 2. The number of aromatic amines is 1. The molecule has 0 aliphatic carbocycles. The normalized spacial score (nSPS) is 22.0. The number of nitrogens with one attached hydrogen (secondary N) is 13. The molecule has 1 unspecified atom stereocenters. The third kappa shape index (κ3) is 26.8. The average Bonchev–Trinajstić information content (AvgIpc) is 1.62. The molecule has 0 spiro atoms. The van der Waals surface area contributed by atoms with Gasteiger partial charge < -0.3 is 110 Å².